The number of aliphatic hydroxyl groups is 1. The van der Waals surface area contributed by atoms with Gasteiger partial charge in [-0.2, -0.15) is 0 Å². The zero-order chi connectivity index (χ0) is 11.9. The smallest absolute Gasteiger partial charge is 0.181 e. The topological polar surface area (TPSA) is 63.3 Å². The lowest BCUT2D eigenvalue weighted by molar-refractivity contribution is 0.0348. The number of nitrogens with zero attached hydrogens (tertiary/aromatic N) is 1. The second kappa shape index (κ2) is 3.67. The van der Waals surface area contributed by atoms with Gasteiger partial charge in [0.2, 0.25) is 0 Å². The Kier molecular flexibility index (Phi) is 2.26. The summed E-state index contributed by atoms with van der Waals surface area (Å²) in [6, 6.07) is 5.24. The number of aromatic nitrogens is 1. The van der Waals surface area contributed by atoms with Gasteiger partial charge >= 0.3 is 0 Å². The van der Waals surface area contributed by atoms with Gasteiger partial charge in [0.1, 0.15) is 5.52 Å². The van der Waals surface area contributed by atoms with Crippen molar-refractivity contribution >= 4 is 16.9 Å². The van der Waals surface area contributed by atoms with E-state index < -0.39 is 5.41 Å². The van der Waals surface area contributed by atoms with E-state index in [-0.39, 0.29) is 12.4 Å². The molecule has 1 aromatic heterocycles. The summed E-state index contributed by atoms with van der Waals surface area (Å²) in [7, 11) is 0. The molecule has 1 fully saturated rings. The molecule has 1 N–H and O–H groups in total. The fourth-order valence-electron chi connectivity index (χ4n) is 2.36. The lowest BCUT2D eigenvalue weighted by Gasteiger charge is -2.38. The normalized spacial score (nSPS) is 17.9. The van der Waals surface area contributed by atoms with Crippen LogP contribution in [0.2, 0.25) is 0 Å². The Labute approximate surface area is 98.3 Å². The first-order valence-electron chi connectivity index (χ1n) is 5.74. The molecule has 0 radical (unpaired) electrons. The van der Waals surface area contributed by atoms with E-state index in [9.17, 15) is 9.90 Å². The van der Waals surface area contributed by atoms with Crippen LogP contribution < -0.4 is 0 Å². The van der Waals surface area contributed by atoms with Crippen LogP contribution in [0.15, 0.2) is 29.0 Å². The summed E-state index contributed by atoms with van der Waals surface area (Å²) in [5.41, 5.74) is 1.41. The van der Waals surface area contributed by atoms with Crippen molar-refractivity contribution < 1.29 is 14.3 Å². The maximum Gasteiger partial charge on any atom is 0.181 e. The van der Waals surface area contributed by atoms with Crippen molar-refractivity contribution in [2.24, 2.45) is 5.41 Å². The van der Waals surface area contributed by atoms with E-state index in [0.717, 1.165) is 24.8 Å². The van der Waals surface area contributed by atoms with Gasteiger partial charge in [-0.25, -0.2) is 4.98 Å². The molecule has 1 heterocycles. The molecule has 0 amide bonds. The molecule has 4 nitrogen and oxygen atoms in total. The van der Waals surface area contributed by atoms with E-state index in [4.69, 9.17) is 4.42 Å². The fraction of sp³-hybridized carbons (Fsp3) is 0.385. The molecule has 1 aromatic carbocycles. The monoisotopic (exact) mass is 231 g/mol. The van der Waals surface area contributed by atoms with Crippen LogP contribution in [-0.4, -0.2) is 22.5 Å². The number of carbonyl (C=O) groups excluding carboxylic acids is 1. The van der Waals surface area contributed by atoms with Crippen LogP contribution in [0, 0.1) is 5.41 Å². The minimum Gasteiger partial charge on any atom is -0.443 e. The maximum atomic E-state index is 12.3. The van der Waals surface area contributed by atoms with E-state index in [1.807, 2.05) is 0 Å². The van der Waals surface area contributed by atoms with E-state index >= 15 is 0 Å². The highest BCUT2D eigenvalue weighted by molar-refractivity contribution is 6.03. The number of hydrogen-bond acceptors (Lipinski definition) is 4. The summed E-state index contributed by atoms with van der Waals surface area (Å²) in [5, 5.41) is 9.38. The Hall–Kier alpha value is -1.68. The van der Waals surface area contributed by atoms with Crippen LogP contribution in [0.25, 0.3) is 11.1 Å². The third-order valence-corrected chi connectivity index (χ3v) is 3.69. The number of benzene rings is 1. The number of aliphatic hydroxyl groups excluding tert-OH is 1. The number of carbonyl (C=O) groups is 1. The summed E-state index contributed by atoms with van der Waals surface area (Å²) in [6.45, 7) is -0.0692. The van der Waals surface area contributed by atoms with Crippen molar-refractivity contribution in [2.75, 3.05) is 6.61 Å². The SMILES string of the molecule is O=C(c1ccc2ncoc2c1)C1(CO)CCC1. The molecule has 2 aromatic rings. The van der Waals surface area contributed by atoms with Gasteiger partial charge in [0.15, 0.2) is 17.8 Å². The molecular formula is C13H13NO3. The summed E-state index contributed by atoms with van der Waals surface area (Å²) < 4.78 is 5.18. The molecule has 0 atom stereocenters. The molecule has 17 heavy (non-hydrogen) atoms. The van der Waals surface area contributed by atoms with Crippen LogP contribution in [0.1, 0.15) is 29.6 Å². The van der Waals surface area contributed by atoms with Crippen molar-refractivity contribution in [1.82, 2.24) is 4.98 Å². The van der Waals surface area contributed by atoms with Gasteiger partial charge in [-0.05, 0) is 31.0 Å². The minimum absolute atomic E-state index is 0.0181. The molecule has 0 spiro atoms. The van der Waals surface area contributed by atoms with Gasteiger partial charge in [0.05, 0.1) is 12.0 Å². The Morgan fingerprint density at radius 1 is 1.47 bits per heavy atom. The van der Waals surface area contributed by atoms with Crippen molar-refractivity contribution in [2.45, 2.75) is 19.3 Å². The summed E-state index contributed by atoms with van der Waals surface area (Å²) in [6.07, 6.45) is 3.93. The fourth-order valence-corrected chi connectivity index (χ4v) is 2.36. The van der Waals surface area contributed by atoms with Crippen molar-refractivity contribution in [3.05, 3.63) is 30.2 Å². The number of fused-ring (bicyclic) bond motifs is 1. The summed E-state index contributed by atoms with van der Waals surface area (Å²) >= 11 is 0. The Morgan fingerprint density at radius 2 is 2.29 bits per heavy atom. The molecular weight excluding hydrogens is 218 g/mol. The lowest BCUT2D eigenvalue weighted by atomic mass is 9.65. The van der Waals surface area contributed by atoms with Crippen LogP contribution in [-0.2, 0) is 0 Å². The third-order valence-electron chi connectivity index (χ3n) is 3.69. The largest absolute Gasteiger partial charge is 0.443 e. The molecule has 3 rings (SSSR count). The van der Waals surface area contributed by atoms with Gasteiger partial charge in [0.25, 0.3) is 0 Å². The Morgan fingerprint density at radius 3 is 2.94 bits per heavy atom. The van der Waals surface area contributed by atoms with Crippen LogP contribution >= 0.6 is 0 Å². The second-order valence-corrected chi connectivity index (χ2v) is 4.66. The molecule has 1 aliphatic carbocycles. The van der Waals surface area contributed by atoms with E-state index in [1.165, 1.54) is 6.39 Å². The number of rotatable bonds is 3. The quantitative estimate of drug-likeness (QED) is 0.822. The first-order chi connectivity index (χ1) is 8.25. The zero-order valence-electron chi connectivity index (χ0n) is 9.35. The van der Waals surface area contributed by atoms with Gasteiger partial charge in [-0.3, -0.25) is 4.79 Å². The molecule has 1 aliphatic rings. The summed E-state index contributed by atoms with van der Waals surface area (Å²) in [5.74, 6) is 0.0181. The van der Waals surface area contributed by atoms with Gasteiger partial charge in [-0.15, -0.1) is 0 Å². The number of hydrogen-bond donors (Lipinski definition) is 1. The molecule has 0 bridgehead atoms. The highest BCUT2D eigenvalue weighted by Crippen LogP contribution is 2.43. The molecule has 1 saturated carbocycles. The molecule has 88 valence electrons. The number of oxazole rings is 1. The zero-order valence-corrected chi connectivity index (χ0v) is 9.35. The second-order valence-electron chi connectivity index (χ2n) is 4.66. The maximum absolute atomic E-state index is 12.3. The highest BCUT2D eigenvalue weighted by atomic mass is 16.3. The van der Waals surface area contributed by atoms with Crippen LogP contribution in [0.4, 0.5) is 0 Å². The Balaban J connectivity index is 2.00. The first-order valence-corrected chi connectivity index (χ1v) is 5.74. The molecule has 0 unspecified atom stereocenters. The van der Waals surface area contributed by atoms with Crippen molar-refractivity contribution in [3.63, 3.8) is 0 Å². The van der Waals surface area contributed by atoms with Crippen LogP contribution in [0.5, 0.6) is 0 Å². The average molecular weight is 231 g/mol. The number of ketones is 1. The minimum atomic E-state index is -0.548. The van der Waals surface area contributed by atoms with Crippen LogP contribution in [0.3, 0.4) is 0 Å². The average Bonchev–Trinajstić information content (AvgIpc) is 2.74. The van der Waals surface area contributed by atoms with Crippen molar-refractivity contribution in [1.29, 1.82) is 0 Å². The first kappa shape index (κ1) is 10.5. The lowest BCUT2D eigenvalue weighted by Crippen LogP contribution is -2.41. The van der Waals surface area contributed by atoms with Gasteiger partial charge < -0.3 is 9.52 Å². The highest BCUT2D eigenvalue weighted by Gasteiger charge is 2.43. The Bertz CT molecular complexity index is 563. The van der Waals surface area contributed by atoms with E-state index in [1.54, 1.807) is 18.2 Å². The third kappa shape index (κ3) is 1.48. The van der Waals surface area contributed by atoms with Gasteiger partial charge in [-0.1, -0.05) is 6.42 Å². The molecule has 0 aliphatic heterocycles. The molecule has 0 saturated heterocycles. The van der Waals surface area contributed by atoms with E-state index in [0.29, 0.717) is 11.1 Å². The standard InChI is InChI=1S/C13H13NO3/c15-7-13(4-1-5-13)12(16)9-2-3-10-11(6-9)17-8-14-10/h2-3,6,8,15H,1,4-5,7H2. The molecule has 4 heteroatoms. The summed E-state index contributed by atoms with van der Waals surface area (Å²) in [4.78, 5) is 16.3. The van der Waals surface area contributed by atoms with Crippen molar-refractivity contribution in [3.8, 4) is 0 Å². The van der Waals surface area contributed by atoms with Gasteiger partial charge in [0, 0.05) is 5.56 Å². The predicted octanol–water partition coefficient (Wildman–Crippen LogP) is 2.17. The number of Topliss-reactive ketones (excluding diaryl/α,β-unsaturated/α-hetero) is 1. The predicted molar refractivity (Wildman–Crippen MR) is 61.7 cm³/mol. The van der Waals surface area contributed by atoms with E-state index in [2.05, 4.69) is 4.98 Å².